The molecule has 5 aromatic carbocycles. The Morgan fingerprint density at radius 3 is 1.81 bits per heavy atom. The number of carboxylic acid groups (broad SMARTS) is 1. The molecule has 0 spiro atoms. The van der Waals surface area contributed by atoms with Crippen molar-refractivity contribution in [2.45, 2.75) is 82.0 Å². The molecular formula is C56H56N6O8. The van der Waals surface area contributed by atoms with Crippen LogP contribution in [0.4, 0.5) is 5.69 Å². The summed E-state index contributed by atoms with van der Waals surface area (Å²) in [6, 6.07) is 40.9. The van der Waals surface area contributed by atoms with Crippen LogP contribution < -0.4 is 26.6 Å². The van der Waals surface area contributed by atoms with Crippen molar-refractivity contribution < 1.29 is 38.7 Å². The highest BCUT2D eigenvalue weighted by molar-refractivity contribution is 5.97. The van der Waals surface area contributed by atoms with E-state index in [2.05, 4.69) is 31.6 Å². The Morgan fingerprint density at radius 1 is 0.586 bits per heavy atom. The maximum absolute atomic E-state index is 14.8. The summed E-state index contributed by atoms with van der Waals surface area (Å²) in [5.74, 6) is -5.87. The highest BCUT2D eigenvalue weighted by Gasteiger charge is 2.34. The Morgan fingerprint density at radius 2 is 1.16 bits per heavy atom. The van der Waals surface area contributed by atoms with E-state index in [1.165, 1.54) is 6.20 Å². The molecule has 0 saturated carbocycles. The van der Waals surface area contributed by atoms with E-state index in [0.29, 0.717) is 34.4 Å². The number of nitrogens with zero attached hydrogens (tertiary/aromatic N) is 1. The number of hydrogen-bond acceptors (Lipinski definition) is 8. The summed E-state index contributed by atoms with van der Waals surface area (Å²) >= 11 is 0. The lowest BCUT2D eigenvalue weighted by atomic mass is 9.89. The second-order valence-corrected chi connectivity index (χ2v) is 17.5. The first-order valence-corrected chi connectivity index (χ1v) is 23.4. The number of ketones is 1. The van der Waals surface area contributed by atoms with Gasteiger partial charge in [0.2, 0.25) is 29.5 Å². The van der Waals surface area contributed by atoms with Gasteiger partial charge in [-0.05, 0) is 82.8 Å². The van der Waals surface area contributed by atoms with Crippen LogP contribution in [0.1, 0.15) is 53.5 Å². The van der Waals surface area contributed by atoms with Crippen molar-refractivity contribution >= 4 is 47.0 Å². The number of hydrogen-bond donors (Lipinski definition) is 6. The molecule has 0 radical (unpaired) electrons. The summed E-state index contributed by atoms with van der Waals surface area (Å²) in [4.78, 5) is 102. The van der Waals surface area contributed by atoms with Crippen molar-refractivity contribution in [3.8, 4) is 11.1 Å². The number of anilines is 1. The molecule has 3 heterocycles. The van der Waals surface area contributed by atoms with E-state index >= 15 is 0 Å². The highest BCUT2D eigenvalue weighted by atomic mass is 16.4. The van der Waals surface area contributed by atoms with Gasteiger partial charge in [0, 0.05) is 56.1 Å². The first-order valence-electron chi connectivity index (χ1n) is 23.4. The number of fused-ring (bicyclic) bond motifs is 18. The van der Waals surface area contributed by atoms with Gasteiger partial charge in [0.15, 0.2) is 5.78 Å². The van der Waals surface area contributed by atoms with Gasteiger partial charge >= 0.3 is 5.97 Å². The highest BCUT2D eigenvalue weighted by Crippen LogP contribution is 2.22. The largest absolute Gasteiger partial charge is 0.480 e. The number of aryl methyl sites for hydroxylation is 1. The number of nitrogens with one attached hydrogen (secondary N) is 5. The van der Waals surface area contributed by atoms with E-state index in [9.17, 15) is 38.7 Å². The van der Waals surface area contributed by atoms with Crippen LogP contribution in [0.3, 0.4) is 0 Å². The number of aromatic nitrogens is 1. The molecule has 14 heteroatoms. The van der Waals surface area contributed by atoms with Gasteiger partial charge in [-0.1, -0.05) is 133 Å². The molecule has 0 saturated heterocycles. The van der Waals surface area contributed by atoms with Crippen molar-refractivity contribution in [3.05, 3.63) is 192 Å². The van der Waals surface area contributed by atoms with Gasteiger partial charge in [0.1, 0.15) is 18.1 Å². The smallest absolute Gasteiger partial charge is 0.326 e. The third-order valence-electron chi connectivity index (χ3n) is 12.2. The lowest BCUT2D eigenvalue weighted by molar-refractivity contribution is -0.142. The molecule has 70 heavy (non-hydrogen) atoms. The zero-order valence-electron chi connectivity index (χ0n) is 38.6. The Balaban J connectivity index is 1.23. The number of Topliss-reactive ketones (excluding diaryl/α,β-unsaturated/α-hetero) is 1. The number of amides is 5. The maximum atomic E-state index is 14.8. The number of carboxylic acids is 1. The normalized spacial score (nSPS) is 18.8. The molecule has 2 bridgehead atoms. The van der Waals surface area contributed by atoms with Gasteiger partial charge in [0.25, 0.3) is 0 Å². The minimum absolute atomic E-state index is 0.000759. The van der Waals surface area contributed by atoms with Gasteiger partial charge in [-0.2, -0.15) is 0 Å². The minimum Gasteiger partial charge on any atom is -0.480 e. The molecule has 1 aromatic heterocycles. The second-order valence-electron chi connectivity index (χ2n) is 17.5. The molecule has 2 aliphatic heterocycles. The summed E-state index contributed by atoms with van der Waals surface area (Å²) < 4.78 is 0. The van der Waals surface area contributed by atoms with Crippen LogP contribution in [0, 0.1) is 5.92 Å². The third-order valence-corrected chi connectivity index (χ3v) is 12.2. The molecular weight excluding hydrogens is 885 g/mol. The minimum atomic E-state index is -1.35. The fourth-order valence-electron chi connectivity index (χ4n) is 8.39. The van der Waals surface area contributed by atoms with Crippen LogP contribution >= 0.6 is 0 Å². The third kappa shape index (κ3) is 14.9. The summed E-state index contributed by atoms with van der Waals surface area (Å²) in [7, 11) is 0. The SMILES string of the molecule is O=C1CCC(=O)N[C@H](CCc2ccccc2)C(=O)N[C@@H](Cc2ccc(-c3ccccc3)cc2)C(=O)N[C@H](Cc2ccccc2)C(=O)C[C@H](C(=O)N[C@@H](Cc2cccnc2)C(=O)O)Cc2ccc(cc2)N1. The van der Waals surface area contributed by atoms with Crippen molar-refractivity contribution in [1.29, 1.82) is 0 Å². The average Bonchev–Trinajstić information content (AvgIpc) is 3.37. The number of carbonyl (C=O) groups excluding carboxylic acids is 6. The number of aliphatic carboxylic acids is 1. The summed E-state index contributed by atoms with van der Waals surface area (Å²) in [6.07, 6.45) is 2.81. The van der Waals surface area contributed by atoms with Gasteiger partial charge < -0.3 is 31.7 Å². The first-order chi connectivity index (χ1) is 33.9. The molecule has 2 aliphatic rings. The molecule has 14 nitrogen and oxygen atoms in total. The number of pyridine rings is 1. The number of benzene rings is 5. The van der Waals surface area contributed by atoms with E-state index in [0.717, 1.165) is 16.7 Å². The summed E-state index contributed by atoms with van der Waals surface area (Å²) in [5, 5.41) is 24.3. The van der Waals surface area contributed by atoms with Crippen LogP contribution in [-0.2, 0) is 65.7 Å². The molecule has 358 valence electrons. The van der Waals surface area contributed by atoms with Crippen LogP contribution in [0.25, 0.3) is 11.1 Å². The Kier molecular flexibility index (Phi) is 17.5. The van der Waals surface area contributed by atoms with E-state index < -0.39 is 77.8 Å². The quantitative estimate of drug-likeness (QED) is 0.0751. The Hall–Kier alpha value is -8.26. The zero-order chi connectivity index (χ0) is 49.2. The van der Waals surface area contributed by atoms with Gasteiger partial charge in [-0.3, -0.25) is 33.8 Å². The standard InChI is InChI=1S/C56H56N6O8/c63-50-35-44(53(66)62-49(56(69)70)34-41-15-10-30-57-36-41)31-39-20-25-45(26-21-39)58-51(64)28-29-52(65)59-46(27-22-37-11-4-1-5-12-37)54(67)61-48(55(68)60-47(50)32-38-13-6-2-7-14-38)33-40-18-23-43(24-19-40)42-16-8-3-9-17-42/h1-21,23-26,30,36,44,46-49H,22,27-29,31-35H2,(H,58,64)(H,59,65)(H,60,68)(H,61,67)(H,62,66)(H,69,70)/t44-,46-,47-,48+,49+/m1/s1. The lowest BCUT2D eigenvalue weighted by Gasteiger charge is -2.27. The summed E-state index contributed by atoms with van der Waals surface area (Å²) in [5.41, 5.74) is 5.89. The van der Waals surface area contributed by atoms with Crippen molar-refractivity contribution in [1.82, 2.24) is 26.3 Å². The van der Waals surface area contributed by atoms with Crippen molar-refractivity contribution in [2.24, 2.45) is 5.92 Å². The van der Waals surface area contributed by atoms with E-state index in [-0.39, 0.29) is 44.9 Å². The Labute approximate surface area is 406 Å². The molecule has 0 unspecified atom stereocenters. The van der Waals surface area contributed by atoms with Gasteiger partial charge in [-0.25, -0.2) is 4.79 Å². The van der Waals surface area contributed by atoms with E-state index in [4.69, 9.17) is 0 Å². The monoisotopic (exact) mass is 940 g/mol. The molecule has 6 aromatic rings. The molecule has 0 fully saturated rings. The lowest BCUT2D eigenvalue weighted by Crippen LogP contribution is -2.57. The van der Waals surface area contributed by atoms with Crippen LogP contribution in [0.15, 0.2) is 164 Å². The molecule has 0 aliphatic carbocycles. The van der Waals surface area contributed by atoms with Crippen LogP contribution in [-0.4, -0.2) is 75.5 Å². The van der Waals surface area contributed by atoms with Gasteiger partial charge in [-0.15, -0.1) is 0 Å². The van der Waals surface area contributed by atoms with E-state index in [1.54, 1.807) is 54.7 Å². The van der Waals surface area contributed by atoms with Crippen molar-refractivity contribution in [3.63, 3.8) is 0 Å². The fourth-order valence-corrected chi connectivity index (χ4v) is 8.39. The molecule has 5 atom stereocenters. The second kappa shape index (κ2) is 24.7. The van der Waals surface area contributed by atoms with E-state index in [1.807, 2.05) is 103 Å². The topological polar surface area (TPSA) is 213 Å². The molecule has 5 amide bonds. The fraction of sp³-hybridized carbons (Fsp3) is 0.250. The first kappa shape index (κ1) is 49.6. The maximum Gasteiger partial charge on any atom is 0.326 e. The van der Waals surface area contributed by atoms with Gasteiger partial charge in [0.05, 0.1) is 6.04 Å². The van der Waals surface area contributed by atoms with Crippen molar-refractivity contribution in [2.75, 3.05) is 5.32 Å². The number of rotatable bonds is 13. The Bertz CT molecular complexity index is 2720. The summed E-state index contributed by atoms with van der Waals surface area (Å²) in [6.45, 7) is 0. The van der Waals surface area contributed by atoms with Crippen LogP contribution in [0.5, 0.6) is 0 Å². The molecule has 6 N–H and O–H groups in total. The zero-order valence-corrected chi connectivity index (χ0v) is 38.6. The number of carbonyl (C=O) groups is 7. The predicted molar refractivity (Wildman–Crippen MR) is 265 cm³/mol. The average molecular weight is 941 g/mol. The predicted octanol–water partition coefficient (Wildman–Crippen LogP) is 5.98. The molecule has 8 rings (SSSR count). The van der Waals surface area contributed by atoms with Crippen LogP contribution in [0.2, 0.25) is 0 Å².